The SMILES string of the molecule is Cc1ccc(Cl)cc1NC(=O)[C@@H](C)Sc1nnc(-c2ccccc2C)n1C. The zero-order valence-electron chi connectivity index (χ0n) is 15.7. The third-order valence-electron chi connectivity index (χ3n) is 4.33. The maximum absolute atomic E-state index is 12.6. The maximum atomic E-state index is 12.6. The van der Waals surface area contributed by atoms with E-state index in [9.17, 15) is 4.79 Å². The molecule has 0 fully saturated rings. The molecule has 0 aliphatic carbocycles. The third-order valence-corrected chi connectivity index (χ3v) is 5.70. The monoisotopic (exact) mass is 400 g/mol. The number of anilines is 1. The molecular formula is C20H21ClN4OS. The molecule has 1 aromatic heterocycles. The fourth-order valence-electron chi connectivity index (χ4n) is 2.65. The van der Waals surface area contributed by atoms with Crippen LogP contribution in [-0.4, -0.2) is 25.9 Å². The summed E-state index contributed by atoms with van der Waals surface area (Å²) in [5.41, 5.74) is 3.85. The van der Waals surface area contributed by atoms with Gasteiger partial charge >= 0.3 is 0 Å². The van der Waals surface area contributed by atoms with E-state index in [0.29, 0.717) is 10.2 Å². The Balaban J connectivity index is 1.75. The first kappa shape index (κ1) is 19.5. The highest BCUT2D eigenvalue weighted by atomic mass is 35.5. The molecule has 27 heavy (non-hydrogen) atoms. The van der Waals surface area contributed by atoms with Gasteiger partial charge in [0.2, 0.25) is 5.91 Å². The highest BCUT2D eigenvalue weighted by molar-refractivity contribution is 8.00. The van der Waals surface area contributed by atoms with Crippen LogP contribution in [-0.2, 0) is 11.8 Å². The van der Waals surface area contributed by atoms with Crippen molar-refractivity contribution >= 4 is 35.0 Å². The van der Waals surface area contributed by atoms with Crippen LogP contribution < -0.4 is 5.32 Å². The lowest BCUT2D eigenvalue weighted by Gasteiger charge is -2.13. The number of hydrogen-bond donors (Lipinski definition) is 1. The van der Waals surface area contributed by atoms with Gasteiger partial charge in [-0.1, -0.05) is 53.7 Å². The van der Waals surface area contributed by atoms with E-state index in [0.717, 1.165) is 28.2 Å². The van der Waals surface area contributed by atoms with Crippen molar-refractivity contribution < 1.29 is 4.79 Å². The molecule has 5 nitrogen and oxygen atoms in total. The predicted molar refractivity (Wildman–Crippen MR) is 111 cm³/mol. The van der Waals surface area contributed by atoms with Crippen molar-refractivity contribution in [3.05, 3.63) is 58.6 Å². The van der Waals surface area contributed by atoms with Gasteiger partial charge in [0.25, 0.3) is 0 Å². The summed E-state index contributed by atoms with van der Waals surface area (Å²) in [6, 6.07) is 13.5. The second-order valence-electron chi connectivity index (χ2n) is 6.39. The topological polar surface area (TPSA) is 59.8 Å². The Morgan fingerprint density at radius 1 is 1.15 bits per heavy atom. The molecule has 3 rings (SSSR count). The van der Waals surface area contributed by atoms with Crippen molar-refractivity contribution in [2.75, 3.05) is 5.32 Å². The summed E-state index contributed by atoms with van der Waals surface area (Å²) in [6.45, 7) is 5.82. The second-order valence-corrected chi connectivity index (χ2v) is 8.13. The number of halogens is 1. The molecule has 1 N–H and O–H groups in total. The molecule has 1 atom stereocenters. The zero-order chi connectivity index (χ0) is 19.6. The molecular weight excluding hydrogens is 380 g/mol. The molecule has 0 saturated carbocycles. The van der Waals surface area contributed by atoms with Crippen molar-refractivity contribution in [2.45, 2.75) is 31.2 Å². The minimum Gasteiger partial charge on any atom is -0.325 e. The quantitative estimate of drug-likeness (QED) is 0.620. The van der Waals surface area contributed by atoms with Crippen molar-refractivity contribution in [3.63, 3.8) is 0 Å². The summed E-state index contributed by atoms with van der Waals surface area (Å²) in [6.07, 6.45) is 0. The number of thioether (sulfide) groups is 1. The molecule has 0 aliphatic rings. The summed E-state index contributed by atoms with van der Waals surface area (Å²) in [7, 11) is 1.91. The number of carbonyl (C=O) groups excluding carboxylic acids is 1. The second kappa shape index (κ2) is 8.15. The largest absolute Gasteiger partial charge is 0.325 e. The Hall–Kier alpha value is -2.31. The summed E-state index contributed by atoms with van der Waals surface area (Å²) in [5.74, 6) is 0.680. The first-order valence-electron chi connectivity index (χ1n) is 8.56. The number of nitrogens with one attached hydrogen (secondary N) is 1. The average Bonchev–Trinajstić information content (AvgIpc) is 2.99. The normalized spacial score (nSPS) is 12.0. The van der Waals surface area contributed by atoms with Crippen molar-refractivity contribution in [3.8, 4) is 11.4 Å². The van der Waals surface area contributed by atoms with E-state index < -0.39 is 0 Å². The van der Waals surface area contributed by atoms with Gasteiger partial charge in [-0.15, -0.1) is 10.2 Å². The summed E-state index contributed by atoms with van der Waals surface area (Å²) in [5, 5.41) is 12.5. The summed E-state index contributed by atoms with van der Waals surface area (Å²) >= 11 is 7.40. The van der Waals surface area contributed by atoms with Gasteiger partial charge in [0.1, 0.15) is 0 Å². The maximum Gasteiger partial charge on any atom is 0.237 e. The lowest BCUT2D eigenvalue weighted by atomic mass is 10.1. The first-order chi connectivity index (χ1) is 12.9. The number of aromatic nitrogens is 3. The van der Waals surface area contributed by atoms with Gasteiger partial charge in [0.05, 0.1) is 5.25 Å². The predicted octanol–water partition coefficient (Wildman–Crippen LogP) is 4.87. The molecule has 1 amide bonds. The van der Waals surface area contributed by atoms with Crippen LogP contribution in [0.15, 0.2) is 47.6 Å². The standard InChI is InChI=1S/C20H21ClN4OS/c1-12-7-5-6-8-16(12)18-23-24-20(25(18)4)27-14(3)19(26)22-17-11-15(21)10-9-13(17)2/h5-11,14H,1-4H3,(H,22,26)/t14-/m1/s1. The third kappa shape index (κ3) is 4.34. The van der Waals surface area contributed by atoms with Crippen molar-refractivity contribution in [1.82, 2.24) is 14.8 Å². The Bertz CT molecular complexity index is 986. The number of carbonyl (C=O) groups is 1. The highest BCUT2D eigenvalue weighted by Crippen LogP contribution is 2.28. The van der Waals surface area contributed by atoms with E-state index in [2.05, 4.69) is 15.5 Å². The minimum atomic E-state index is -0.337. The van der Waals surface area contributed by atoms with Crippen molar-refractivity contribution in [2.24, 2.45) is 7.05 Å². The van der Waals surface area contributed by atoms with Crippen LogP contribution in [0.2, 0.25) is 5.02 Å². The van der Waals surface area contributed by atoms with Gasteiger partial charge in [-0.25, -0.2) is 0 Å². The molecule has 140 valence electrons. The van der Waals surface area contributed by atoms with Gasteiger partial charge in [-0.3, -0.25) is 4.79 Å². The van der Waals surface area contributed by atoms with Crippen LogP contribution in [0.5, 0.6) is 0 Å². The Morgan fingerprint density at radius 3 is 2.63 bits per heavy atom. The number of benzene rings is 2. The smallest absolute Gasteiger partial charge is 0.237 e. The highest BCUT2D eigenvalue weighted by Gasteiger charge is 2.20. The number of aryl methyl sites for hydroxylation is 2. The zero-order valence-corrected chi connectivity index (χ0v) is 17.2. The Labute approximate surface area is 168 Å². The average molecular weight is 401 g/mol. The lowest BCUT2D eigenvalue weighted by Crippen LogP contribution is -2.23. The summed E-state index contributed by atoms with van der Waals surface area (Å²) in [4.78, 5) is 12.6. The Kier molecular flexibility index (Phi) is 5.87. The van der Waals surface area contributed by atoms with Crippen molar-refractivity contribution in [1.29, 1.82) is 0 Å². The first-order valence-corrected chi connectivity index (χ1v) is 9.81. The molecule has 2 aromatic carbocycles. The van der Waals surface area contributed by atoms with Gasteiger partial charge in [0, 0.05) is 23.3 Å². The molecule has 0 unspecified atom stereocenters. The van der Waals surface area contributed by atoms with Gasteiger partial charge in [-0.2, -0.15) is 0 Å². The van der Waals surface area contributed by atoms with E-state index in [4.69, 9.17) is 11.6 Å². The van der Waals surface area contributed by atoms with Gasteiger partial charge in [0.15, 0.2) is 11.0 Å². The number of rotatable bonds is 5. The van der Waals surface area contributed by atoms with Crippen LogP contribution in [0, 0.1) is 13.8 Å². The van der Waals surface area contributed by atoms with E-state index in [-0.39, 0.29) is 11.2 Å². The molecule has 0 aliphatic heterocycles. The fraction of sp³-hybridized carbons (Fsp3) is 0.250. The summed E-state index contributed by atoms with van der Waals surface area (Å²) < 4.78 is 1.92. The molecule has 0 saturated heterocycles. The number of nitrogens with zero attached hydrogens (tertiary/aromatic N) is 3. The van der Waals surface area contributed by atoms with E-state index >= 15 is 0 Å². The van der Waals surface area contributed by atoms with Crippen LogP contribution >= 0.6 is 23.4 Å². The molecule has 0 bridgehead atoms. The fourth-order valence-corrected chi connectivity index (χ4v) is 3.64. The van der Waals surface area contributed by atoms with Crippen LogP contribution in [0.25, 0.3) is 11.4 Å². The van der Waals surface area contributed by atoms with E-state index in [1.54, 1.807) is 12.1 Å². The molecule has 1 heterocycles. The molecule has 0 spiro atoms. The number of amides is 1. The molecule has 3 aromatic rings. The van der Waals surface area contributed by atoms with E-state index in [1.165, 1.54) is 11.8 Å². The van der Waals surface area contributed by atoms with Crippen LogP contribution in [0.1, 0.15) is 18.1 Å². The molecule has 7 heteroatoms. The van der Waals surface area contributed by atoms with Crippen LogP contribution in [0.3, 0.4) is 0 Å². The Morgan fingerprint density at radius 2 is 1.89 bits per heavy atom. The lowest BCUT2D eigenvalue weighted by molar-refractivity contribution is -0.115. The molecule has 0 radical (unpaired) electrons. The minimum absolute atomic E-state index is 0.106. The van der Waals surface area contributed by atoms with Crippen LogP contribution in [0.4, 0.5) is 5.69 Å². The van der Waals surface area contributed by atoms with Gasteiger partial charge < -0.3 is 9.88 Å². The number of hydrogen-bond acceptors (Lipinski definition) is 4. The van der Waals surface area contributed by atoms with E-state index in [1.807, 2.05) is 62.7 Å². The van der Waals surface area contributed by atoms with Gasteiger partial charge in [-0.05, 0) is 44.0 Å².